The van der Waals surface area contributed by atoms with Gasteiger partial charge in [0, 0.05) is 44.9 Å². The summed E-state index contributed by atoms with van der Waals surface area (Å²) in [6, 6.07) is 28.6. The molecular formula is C24H30NO3PSi. The van der Waals surface area contributed by atoms with Crippen molar-refractivity contribution >= 4 is 27.3 Å². The molecule has 1 heterocycles. The first kappa shape index (κ1) is 22.8. The normalized spacial score (nSPS) is 12.8. The maximum absolute atomic E-state index is 5.64. The number of hydrogen-bond acceptors (Lipinski definition) is 4. The van der Waals surface area contributed by atoms with Gasteiger partial charge in [-0.15, -0.1) is 0 Å². The van der Waals surface area contributed by atoms with Crippen LogP contribution in [0, 0.1) is 0 Å². The van der Waals surface area contributed by atoms with Gasteiger partial charge in [0.2, 0.25) is 0 Å². The third-order valence-electron chi connectivity index (χ3n) is 5.30. The Kier molecular flexibility index (Phi) is 8.73. The number of rotatable bonds is 11. The fraction of sp³-hybridized carbons (Fsp3) is 0.292. The fourth-order valence-electron chi connectivity index (χ4n) is 3.74. The zero-order valence-electron chi connectivity index (χ0n) is 17.9. The second-order valence-corrected chi connectivity index (χ2v) is 12.5. The van der Waals surface area contributed by atoms with Crippen LogP contribution in [-0.4, -0.2) is 35.1 Å². The standard InChI is InChI=1S/C24H30NO3PSi/c1-26-30(27-2,28-3)20-12-18-24(23-17-10-11-19-25-23)29(21-13-6-4-7-14-21)22-15-8-5-9-16-22/h4-11,13-17,19,24H,12,18,20H2,1-3H3. The van der Waals surface area contributed by atoms with Crippen molar-refractivity contribution in [1.82, 2.24) is 4.98 Å². The summed E-state index contributed by atoms with van der Waals surface area (Å²) in [5.74, 6) is 0. The molecule has 158 valence electrons. The van der Waals surface area contributed by atoms with Crippen LogP contribution in [0.5, 0.6) is 0 Å². The van der Waals surface area contributed by atoms with E-state index < -0.39 is 16.7 Å². The van der Waals surface area contributed by atoms with Crippen LogP contribution in [0.2, 0.25) is 6.04 Å². The summed E-state index contributed by atoms with van der Waals surface area (Å²) in [4.78, 5) is 4.76. The highest BCUT2D eigenvalue weighted by molar-refractivity contribution is 7.73. The average molecular weight is 440 g/mol. The highest BCUT2D eigenvalue weighted by Crippen LogP contribution is 2.51. The van der Waals surface area contributed by atoms with E-state index in [-0.39, 0.29) is 0 Å². The highest BCUT2D eigenvalue weighted by Gasteiger charge is 2.38. The summed E-state index contributed by atoms with van der Waals surface area (Å²) in [6.07, 6.45) is 3.82. The predicted octanol–water partition coefficient (Wildman–Crippen LogP) is 4.91. The summed E-state index contributed by atoms with van der Waals surface area (Å²) in [5, 5.41) is 2.73. The molecule has 3 rings (SSSR count). The van der Waals surface area contributed by atoms with Crippen molar-refractivity contribution in [2.75, 3.05) is 21.3 Å². The minimum atomic E-state index is -2.59. The number of aromatic nitrogens is 1. The number of hydrogen-bond donors (Lipinski definition) is 0. The van der Waals surface area contributed by atoms with Gasteiger partial charge in [-0.2, -0.15) is 0 Å². The molecule has 0 aliphatic heterocycles. The first-order valence-electron chi connectivity index (χ1n) is 10.2. The zero-order chi connectivity index (χ0) is 21.2. The second-order valence-electron chi connectivity index (χ2n) is 7.00. The summed E-state index contributed by atoms with van der Waals surface area (Å²) >= 11 is 0. The molecule has 0 aliphatic rings. The van der Waals surface area contributed by atoms with Gasteiger partial charge >= 0.3 is 8.80 Å². The van der Waals surface area contributed by atoms with E-state index in [2.05, 4.69) is 72.8 Å². The van der Waals surface area contributed by atoms with Crippen LogP contribution in [0.25, 0.3) is 0 Å². The van der Waals surface area contributed by atoms with Crippen molar-refractivity contribution in [2.45, 2.75) is 24.5 Å². The average Bonchev–Trinajstić information content (AvgIpc) is 2.83. The Balaban J connectivity index is 1.95. The maximum Gasteiger partial charge on any atom is 0.500 e. The van der Waals surface area contributed by atoms with Gasteiger partial charge < -0.3 is 13.3 Å². The molecule has 0 saturated heterocycles. The molecule has 2 aromatic carbocycles. The molecule has 4 nitrogen and oxygen atoms in total. The molecule has 0 radical (unpaired) electrons. The van der Waals surface area contributed by atoms with E-state index in [0.717, 1.165) is 24.6 Å². The van der Waals surface area contributed by atoms with E-state index in [1.54, 1.807) is 21.3 Å². The molecule has 0 bridgehead atoms. The molecule has 1 aromatic heterocycles. The molecule has 30 heavy (non-hydrogen) atoms. The van der Waals surface area contributed by atoms with Crippen molar-refractivity contribution in [2.24, 2.45) is 0 Å². The van der Waals surface area contributed by atoms with Gasteiger partial charge in [-0.05, 0) is 43.5 Å². The van der Waals surface area contributed by atoms with E-state index in [1.165, 1.54) is 10.6 Å². The minimum Gasteiger partial charge on any atom is -0.377 e. The summed E-state index contributed by atoms with van der Waals surface area (Å²) in [6.45, 7) is 0. The Morgan fingerprint density at radius 1 is 0.767 bits per heavy atom. The van der Waals surface area contributed by atoms with Crippen molar-refractivity contribution < 1.29 is 13.3 Å². The Hall–Kier alpha value is -1.88. The van der Waals surface area contributed by atoms with Crippen molar-refractivity contribution in [3.8, 4) is 0 Å². The monoisotopic (exact) mass is 439 g/mol. The lowest BCUT2D eigenvalue weighted by molar-refractivity contribution is 0.123. The summed E-state index contributed by atoms with van der Waals surface area (Å²) in [5.41, 5.74) is 1.43. The molecule has 1 atom stereocenters. The molecule has 0 aliphatic carbocycles. The maximum atomic E-state index is 5.64. The van der Waals surface area contributed by atoms with Gasteiger partial charge in [-0.1, -0.05) is 66.7 Å². The Morgan fingerprint density at radius 3 is 1.77 bits per heavy atom. The molecule has 0 fully saturated rings. The smallest absolute Gasteiger partial charge is 0.377 e. The number of pyridine rings is 1. The summed E-state index contributed by atoms with van der Waals surface area (Å²) < 4.78 is 16.9. The molecule has 3 aromatic rings. The lowest BCUT2D eigenvalue weighted by Gasteiger charge is -2.30. The first-order chi connectivity index (χ1) is 14.7. The minimum absolute atomic E-state index is 0.295. The highest BCUT2D eigenvalue weighted by atomic mass is 31.1. The van der Waals surface area contributed by atoms with Crippen LogP contribution in [-0.2, 0) is 13.3 Å². The van der Waals surface area contributed by atoms with E-state index in [0.29, 0.717) is 5.66 Å². The van der Waals surface area contributed by atoms with Crippen LogP contribution in [0.4, 0.5) is 0 Å². The quantitative estimate of drug-likeness (QED) is 0.314. The topological polar surface area (TPSA) is 40.6 Å². The Labute approximate surface area is 182 Å². The van der Waals surface area contributed by atoms with Crippen LogP contribution >= 0.6 is 7.92 Å². The third kappa shape index (κ3) is 5.63. The van der Waals surface area contributed by atoms with Gasteiger partial charge in [0.25, 0.3) is 0 Å². The Morgan fingerprint density at radius 2 is 1.30 bits per heavy atom. The van der Waals surface area contributed by atoms with Crippen LogP contribution in [0.1, 0.15) is 24.2 Å². The van der Waals surface area contributed by atoms with Gasteiger partial charge in [0.15, 0.2) is 0 Å². The fourth-order valence-corrected chi connectivity index (χ4v) is 8.35. The van der Waals surface area contributed by atoms with Gasteiger partial charge in [0.1, 0.15) is 0 Å². The molecular weight excluding hydrogens is 409 g/mol. The van der Waals surface area contributed by atoms with Gasteiger partial charge in [-0.3, -0.25) is 4.98 Å². The van der Waals surface area contributed by atoms with Crippen molar-refractivity contribution in [3.05, 3.63) is 90.8 Å². The van der Waals surface area contributed by atoms with Gasteiger partial charge in [0.05, 0.1) is 0 Å². The van der Waals surface area contributed by atoms with Crippen molar-refractivity contribution in [3.63, 3.8) is 0 Å². The largest absolute Gasteiger partial charge is 0.500 e. The zero-order valence-corrected chi connectivity index (χ0v) is 19.8. The first-order valence-corrected chi connectivity index (χ1v) is 13.5. The van der Waals surface area contributed by atoms with E-state index in [9.17, 15) is 0 Å². The molecule has 0 spiro atoms. The van der Waals surface area contributed by atoms with E-state index >= 15 is 0 Å². The van der Waals surface area contributed by atoms with Crippen molar-refractivity contribution in [1.29, 1.82) is 0 Å². The Bertz CT molecular complexity index is 816. The van der Waals surface area contributed by atoms with Crippen LogP contribution in [0.3, 0.4) is 0 Å². The van der Waals surface area contributed by atoms with E-state index in [4.69, 9.17) is 18.3 Å². The number of benzene rings is 2. The van der Waals surface area contributed by atoms with Crippen LogP contribution in [0.15, 0.2) is 85.1 Å². The molecule has 0 N–H and O–H groups in total. The van der Waals surface area contributed by atoms with Crippen LogP contribution < -0.4 is 10.6 Å². The second kappa shape index (κ2) is 11.5. The molecule has 1 unspecified atom stereocenters. The molecule has 6 heteroatoms. The van der Waals surface area contributed by atoms with E-state index in [1.807, 2.05) is 12.3 Å². The lowest BCUT2D eigenvalue weighted by atomic mass is 10.2. The van der Waals surface area contributed by atoms with Gasteiger partial charge in [-0.25, -0.2) is 0 Å². The SMILES string of the molecule is CO[Si](CCCC(c1ccccn1)P(c1ccccc1)c1ccccc1)(OC)OC. The summed E-state index contributed by atoms with van der Waals surface area (Å²) in [7, 11) is 1.82. The number of nitrogens with zero attached hydrogens (tertiary/aromatic N) is 1. The predicted molar refractivity (Wildman–Crippen MR) is 127 cm³/mol. The molecule has 0 saturated carbocycles. The lowest BCUT2D eigenvalue weighted by Crippen LogP contribution is -2.42. The molecule has 0 amide bonds. The third-order valence-corrected chi connectivity index (χ3v) is 11.0.